The first-order chi connectivity index (χ1) is 12.9. The molecule has 0 bridgehead atoms. The minimum absolute atomic E-state index is 0.0168. The van der Waals surface area contributed by atoms with Crippen molar-refractivity contribution < 1.29 is 0 Å². The number of fused-ring (bicyclic) bond motifs is 1. The van der Waals surface area contributed by atoms with Gasteiger partial charge in [0, 0.05) is 14.9 Å². The highest BCUT2D eigenvalue weighted by atomic mass is 79.9. The Morgan fingerprint density at radius 1 is 1.07 bits per heavy atom. The van der Waals surface area contributed by atoms with Crippen molar-refractivity contribution in [2.24, 2.45) is 0 Å². The van der Waals surface area contributed by atoms with Crippen LogP contribution in [-0.2, 0) is 6.54 Å². The molecule has 136 valence electrons. The van der Waals surface area contributed by atoms with E-state index >= 15 is 0 Å². The van der Waals surface area contributed by atoms with Gasteiger partial charge in [-0.15, -0.1) is 11.3 Å². The Morgan fingerprint density at radius 2 is 1.81 bits per heavy atom. The van der Waals surface area contributed by atoms with Crippen molar-refractivity contribution in [3.05, 3.63) is 85.2 Å². The van der Waals surface area contributed by atoms with Crippen LogP contribution in [0.1, 0.15) is 21.6 Å². The van der Waals surface area contributed by atoms with Gasteiger partial charge in [0.25, 0.3) is 5.56 Å². The standard InChI is InChI=1S/C22H19BrN2OS/c1-13-4-5-14(2)18(10-13)19-15(3)27-21-20(19)22(26)25(12-24-21)11-16-6-8-17(23)9-7-16/h4-10,12H,11H2,1-3H3. The van der Waals surface area contributed by atoms with Gasteiger partial charge in [0.2, 0.25) is 0 Å². The molecule has 2 heterocycles. The quantitative estimate of drug-likeness (QED) is 0.401. The lowest BCUT2D eigenvalue weighted by Crippen LogP contribution is -2.21. The first-order valence-corrected chi connectivity index (χ1v) is 10.4. The van der Waals surface area contributed by atoms with Gasteiger partial charge in [-0.25, -0.2) is 4.98 Å². The van der Waals surface area contributed by atoms with Gasteiger partial charge in [0.1, 0.15) is 4.83 Å². The first-order valence-electron chi connectivity index (χ1n) is 8.74. The summed E-state index contributed by atoms with van der Waals surface area (Å²) in [6.45, 7) is 6.75. The van der Waals surface area contributed by atoms with Crippen molar-refractivity contribution in [1.29, 1.82) is 0 Å². The van der Waals surface area contributed by atoms with Gasteiger partial charge in [0.15, 0.2) is 0 Å². The van der Waals surface area contributed by atoms with Crippen LogP contribution in [0.25, 0.3) is 21.3 Å². The summed E-state index contributed by atoms with van der Waals surface area (Å²) in [5.74, 6) is 0. The average molecular weight is 439 g/mol. The molecule has 0 fully saturated rings. The lowest BCUT2D eigenvalue weighted by atomic mass is 9.97. The highest BCUT2D eigenvalue weighted by Crippen LogP contribution is 2.37. The Hall–Kier alpha value is -2.24. The van der Waals surface area contributed by atoms with E-state index in [1.807, 2.05) is 24.3 Å². The molecule has 0 atom stereocenters. The van der Waals surface area contributed by atoms with E-state index < -0.39 is 0 Å². The van der Waals surface area contributed by atoms with E-state index in [-0.39, 0.29) is 5.56 Å². The summed E-state index contributed by atoms with van der Waals surface area (Å²) in [5.41, 5.74) is 5.60. The smallest absolute Gasteiger partial charge is 0.263 e. The molecule has 0 aliphatic heterocycles. The van der Waals surface area contributed by atoms with Crippen molar-refractivity contribution in [1.82, 2.24) is 9.55 Å². The Balaban J connectivity index is 1.91. The number of hydrogen-bond acceptors (Lipinski definition) is 3. The van der Waals surface area contributed by atoms with Gasteiger partial charge in [-0.2, -0.15) is 0 Å². The molecule has 2 aromatic heterocycles. The number of aryl methyl sites for hydroxylation is 3. The number of thiophene rings is 1. The predicted octanol–water partition coefficient (Wildman–Crippen LogP) is 5.86. The lowest BCUT2D eigenvalue weighted by molar-refractivity contribution is 0.749. The topological polar surface area (TPSA) is 34.9 Å². The molecule has 4 rings (SSSR count). The molecule has 0 amide bonds. The van der Waals surface area contributed by atoms with E-state index in [0.29, 0.717) is 6.54 Å². The Bertz CT molecular complexity index is 1210. The number of rotatable bonds is 3. The summed E-state index contributed by atoms with van der Waals surface area (Å²) in [7, 11) is 0. The van der Waals surface area contributed by atoms with Crippen LogP contribution in [0.5, 0.6) is 0 Å². The van der Waals surface area contributed by atoms with Crippen LogP contribution in [0.4, 0.5) is 0 Å². The van der Waals surface area contributed by atoms with Crippen molar-refractivity contribution in [3.63, 3.8) is 0 Å². The molecule has 4 aromatic rings. The van der Waals surface area contributed by atoms with E-state index in [9.17, 15) is 4.79 Å². The SMILES string of the molecule is Cc1ccc(C)c(-c2c(C)sc3ncn(Cc4ccc(Br)cc4)c(=O)c23)c1. The van der Waals surface area contributed by atoms with Crippen molar-refractivity contribution in [2.45, 2.75) is 27.3 Å². The monoisotopic (exact) mass is 438 g/mol. The second-order valence-electron chi connectivity index (χ2n) is 6.84. The Labute approximate surface area is 170 Å². The van der Waals surface area contributed by atoms with Crippen LogP contribution in [-0.4, -0.2) is 9.55 Å². The zero-order valence-corrected chi connectivity index (χ0v) is 17.8. The normalized spacial score (nSPS) is 11.3. The van der Waals surface area contributed by atoms with Crippen LogP contribution in [0, 0.1) is 20.8 Å². The molecule has 0 radical (unpaired) electrons. The zero-order valence-electron chi connectivity index (χ0n) is 15.4. The molecule has 0 saturated heterocycles. The minimum atomic E-state index is 0.0168. The number of nitrogens with zero attached hydrogens (tertiary/aromatic N) is 2. The minimum Gasteiger partial charge on any atom is -0.294 e. The molecule has 0 N–H and O–H groups in total. The van der Waals surface area contributed by atoms with Gasteiger partial charge in [-0.05, 0) is 49.6 Å². The third-order valence-electron chi connectivity index (χ3n) is 4.78. The van der Waals surface area contributed by atoms with Gasteiger partial charge < -0.3 is 0 Å². The molecule has 0 unspecified atom stereocenters. The Kier molecular flexibility index (Phi) is 4.74. The molecule has 3 nitrogen and oxygen atoms in total. The second-order valence-corrected chi connectivity index (χ2v) is 8.95. The third kappa shape index (κ3) is 3.37. The van der Waals surface area contributed by atoms with Crippen LogP contribution in [0.15, 0.2) is 58.1 Å². The summed E-state index contributed by atoms with van der Waals surface area (Å²) in [4.78, 5) is 19.8. The highest BCUT2D eigenvalue weighted by Gasteiger charge is 2.18. The van der Waals surface area contributed by atoms with Gasteiger partial charge >= 0.3 is 0 Å². The molecule has 2 aromatic carbocycles. The molecular weight excluding hydrogens is 420 g/mol. The van der Waals surface area contributed by atoms with Gasteiger partial charge in [-0.1, -0.05) is 51.8 Å². The number of aromatic nitrogens is 2. The molecule has 0 saturated carbocycles. The summed E-state index contributed by atoms with van der Waals surface area (Å²) in [5, 5.41) is 0.728. The van der Waals surface area contributed by atoms with Crippen LogP contribution in [0.3, 0.4) is 0 Å². The largest absolute Gasteiger partial charge is 0.294 e. The highest BCUT2D eigenvalue weighted by molar-refractivity contribution is 9.10. The van der Waals surface area contributed by atoms with Gasteiger partial charge in [0.05, 0.1) is 18.3 Å². The number of hydrogen-bond donors (Lipinski definition) is 0. The van der Waals surface area contributed by atoms with E-state index in [2.05, 4.69) is 59.9 Å². The molecule has 0 spiro atoms. The first kappa shape index (κ1) is 18.1. The van der Waals surface area contributed by atoms with Crippen LogP contribution < -0.4 is 5.56 Å². The van der Waals surface area contributed by atoms with E-state index in [1.165, 1.54) is 11.1 Å². The van der Waals surface area contributed by atoms with Crippen molar-refractivity contribution in [2.75, 3.05) is 0 Å². The van der Waals surface area contributed by atoms with E-state index in [0.717, 1.165) is 36.3 Å². The maximum atomic E-state index is 13.3. The Morgan fingerprint density at radius 3 is 2.56 bits per heavy atom. The molecule has 0 aliphatic rings. The fourth-order valence-corrected chi connectivity index (χ4v) is 4.63. The van der Waals surface area contributed by atoms with Crippen molar-refractivity contribution in [3.8, 4) is 11.1 Å². The average Bonchev–Trinajstić information content (AvgIpc) is 2.98. The molecular formula is C22H19BrN2OS. The maximum absolute atomic E-state index is 13.3. The number of benzene rings is 2. The van der Waals surface area contributed by atoms with Crippen LogP contribution >= 0.6 is 27.3 Å². The van der Waals surface area contributed by atoms with Crippen LogP contribution in [0.2, 0.25) is 0 Å². The molecule has 0 aliphatic carbocycles. The summed E-state index contributed by atoms with van der Waals surface area (Å²) >= 11 is 5.04. The lowest BCUT2D eigenvalue weighted by Gasteiger charge is -2.09. The van der Waals surface area contributed by atoms with Crippen molar-refractivity contribution >= 4 is 37.5 Å². The number of halogens is 1. The zero-order chi connectivity index (χ0) is 19.1. The fourth-order valence-electron chi connectivity index (χ4n) is 3.37. The third-order valence-corrected chi connectivity index (χ3v) is 6.33. The van der Waals surface area contributed by atoms with E-state index in [1.54, 1.807) is 22.2 Å². The molecule has 27 heavy (non-hydrogen) atoms. The van der Waals surface area contributed by atoms with E-state index in [4.69, 9.17) is 0 Å². The summed E-state index contributed by atoms with van der Waals surface area (Å²) in [6, 6.07) is 14.4. The predicted molar refractivity (Wildman–Crippen MR) is 117 cm³/mol. The summed E-state index contributed by atoms with van der Waals surface area (Å²) in [6.07, 6.45) is 1.66. The molecule has 5 heteroatoms. The second kappa shape index (κ2) is 7.06. The fraction of sp³-hybridized carbons (Fsp3) is 0.182. The maximum Gasteiger partial charge on any atom is 0.263 e. The summed E-state index contributed by atoms with van der Waals surface area (Å²) < 4.78 is 2.73. The van der Waals surface area contributed by atoms with Gasteiger partial charge in [-0.3, -0.25) is 9.36 Å².